The molecule has 0 aliphatic carbocycles. The van der Waals surface area contributed by atoms with Gasteiger partial charge >= 0.3 is 6.18 Å². The standard InChI is InChI=1S/C17H22F3NO2/c1-11(14-5-3-4-6-15(14)17(18,19)20)9-16(23)21-8-7-13(10-21)12(2)22/h3-6,11-13,22H,7-10H2,1-2H3. The summed E-state index contributed by atoms with van der Waals surface area (Å²) in [5, 5.41) is 9.57. The SMILES string of the molecule is CC(CC(=O)N1CCC(C(C)O)C1)c1ccccc1C(F)(F)F. The summed E-state index contributed by atoms with van der Waals surface area (Å²) in [4.78, 5) is 14.0. The Balaban J connectivity index is 2.05. The molecule has 1 aromatic carbocycles. The highest BCUT2D eigenvalue weighted by Gasteiger charge is 2.35. The zero-order valence-corrected chi connectivity index (χ0v) is 13.3. The van der Waals surface area contributed by atoms with Crippen molar-refractivity contribution < 1.29 is 23.1 Å². The summed E-state index contributed by atoms with van der Waals surface area (Å²) in [7, 11) is 0. The van der Waals surface area contributed by atoms with E-state index in [4.69, 9.17) is 0 Å². The number of halogens is 3. The van der Waals surface area contributed by atoms with Gasteiger partial charge in [-0.05, 0) is 30.9 Å². The van der Waals surface area contributed by atoms with Crippen molar-refractivity contribution in [1.29, 1.82) is 0 Å². The van der Waals surface area contributed by atoms with Crippen LogP contribution in [0.25, 0.3) is 0 Å². The number of likely N-dealkylation sites (tertiary alicyclic amines) is 1. The van der Waals surface area contributed by atoms with Crippen LogP contribution in [0.1, 0.15) is 43.7 Å². The minimum Gasteiger partial charge on any atom is -0.393 e. The summed E-state index contributed by atoms with van der Waals surface area (Å²) in [6.07, 6.45) is -4.12. The predicted molar refractivity (Wildman–Crippen MR) is 80.8 cm³/mol. The number of alkyl halides is 3. The molecule has 3 unspecified atom stereocenters. The average Bonchev–Trinajstić information content (AvgIpc) is 2.96. The van der Waals surface area contributed by atoms with Crippen molar-refractivity contribution in [3.05, 3.63) is 35.4 Å². The second-order valence-corrected chi connectivity index (χ2v) is 6.32. The van der Waals surface area contributed by atoms with Gasteiger partial charge in [0.05, 0.1) is 11.7 Å². The summed E-state index contributed by atoms with van der Waals surface area (Å²) in [5.41, 5.74) is -0.525. The molecular weight excluding hydrogens is 307 g/mol. The Morgan fingerprint density at radius 1 is 1.35 bits per heavy atom. The van der Waals surface area contributed by atoms with E-state index in [1.165, 1.54) is 12.1 Å². The van der Waals surface area contributed by atoms with E-state index in [2.05, 4.69) is 0 Å². The first kappa shape index (κ1) is 17.8. The number of rotatable bonds is 4. The van der Waals surface area contributed by atoms with Crippen LogP contribution in [-0.4, -0.2) is 35.1 Å². The largest absolute Gasteiger partial charge is 0.416 e. The highest BCUT2D eigenvalue weighted by atomic mass is 19.4. The molecule has 1 aliphatic rings. The fourth-order valence-electron chi connectivity index (χ4n) is 3.09. The Labute approximate surface area is 134 Å². The number of benzene rings is 1. The maximum Gasteiger partial charge on any atom is 0.416 e. The normalized spacial score (nSPS) is 21.3. The van der Waals surface area contributed by atoms with Crippen molar-refractivity contribution in [2.75, 3.05) is 13.1 Å². The molecule has 0 bridgehead atoms. The first-order valence-electron chi connectivity index (χ1n) is 7.82. The van der Waals surface area contributed by atoms with Gasteiger partial charge in [0.2, 0.25) is 5.91 Å². The predicted octanol–water partition coefficient (Wildman–Crippen LogP) is 3.43. The van der Waals surface area contributed by atoms with E-state index >= 15 is 0 Å². The number of carbonyl (C=O) groups excluding carboxylic acids is 1. The smallest absolute Gasteiger partial charge is 0.393 e. The molecule has 1 heterocycles. The van der Waals surface area contributed by atoms with Gasteiger partial charge in [0, 0.05) is 25.4 Å². The Morgan fingerprint density at radius 2 is 2.00 bits per heavy atom. The fourth-order valence-corrected chi connectivity index (χ4v) is 3.09. The number of nitrogens with zero attached hydrogens (tertiary/aromatic N) is 1. The number of amides is 1. The summed E-state index contributed by atoms with van der Waals surface area (Å²) in [6, 6.07) is 5.40. The second-order valence-electron chi connectivity index (χ2n) is 6.32. The highest BCUT2D eigenvalue weighted by molar-refractivity contribution is 5.77. The Hall–Kier alpha value is -1.56. The minimum absolute atomic E-state index is 0.0413. The van der Waals surface area contributed by atoms with Crippen LogP contribution >= 0.6 is 0 Å². The van der Waals surface area contributed by atoms with Crippen LogP contribution in [0.2, 0.25) is 0 Å². The van der Waals surface area contributed by atoms with E-state index in [1.54, 1.807) is 24.8 Å². The molecule has 128 valence electrons. The number of hydrogen-bond donors (Lipinski definition) is 1. The molecule has 3 nitrogen and oxygen atoms in total. The molecule has 1 N–H and O–H groups in total. The number of aliphatic hydroxyl groups excluding tert-OH is 1. The van der Waals surface area contributed by atoms with Crippen molar-refractivity contribution in [3.8, 4) is 0 Å². The van der Waals surface area contributed by atoms with Crippen LogP contribution < -0.4 is 0 Å². The van der Waals surface area contributed by atoms with Crippen LogP contribution in [0.4, 0.5) is 13.2 Å². The average molecular weight is 329 g/mol. The molecule has 0 radical (unpaired) electrons. The van der Waals surface area contributed by atoms with Gasteiger partial charge in [-0.15, -0.1) is 0 Å². The first-order valence-corrected chi connectivity index (χ1v) is 7.82. The van der Waals surface area contributed by atoms with Gasteiger partial charge in [-0.1, -0.05) is 25.1 Å². The maximum absolute atomic E-state index is 13.1. The van der Waals surface area contributed by atoms with Crippen LogP contribution in [-0.2, 0) is 11.0 Å². The Bertz CT molecular complexity index is 557. The molecule has 0 saturated carbocycles. The molecule has 3 atom stereocenters. The van der Waals surface area contributed by atoms with Crippen molar-refractivity contribution in [1.82, 2.24) is 4.90 Å². The molecular formula is C17H22F3NO2. The zero-order valence-electron chi connectivity index (χ0n) is 13.3. The summed E-state index contributed by atoms with van der Waals surface area (Å²) in [5.74, 6) is -0.611. The van der Waals surface area contributed by atoms with E-state index in [9.17, 15) is 23.1 Å². The Morgan fingerprint density at radius 3 is 2.57 bits per heavy atom. The number of hydrogen-bond acceptors (Lipinski definition) is 2. The quantitative estimate of drug-likeness (QED) is 0.919. The van der Waals surface area contributed by atoms with Gasteiger partial charge < -0.3 is 10.0 Å². The Kier molecular flexibility index (Phi) is 5.34. The third kappa shape index (κ3) is 4.25. The van der Waals surface area contributed by atoms with Gasteiger partial charge in [0.15, 0.2) is 0 Å². The van der Waals surface area contributed by atoms with Gasteiger partial charge in [0.1, 0.15) is 0 Å². The van der Waals surface area contributed by atoms with Gasteiger partial charge in [-0.2, -0.15) is 13.2 Å². The molecule has 2 rings (SSSR count). The van der Waals surface area contributed by atoms with E-state index in [-0.39, 0.29) is 23.8 Å². The lowest BCUT2D eigenvalue weighted by atomic mass is 9.92. The van der Waals surface area contributed by atoms with Gasteiger partial charge in [-0.3, -0.25) is 4.79 Å². The van der Waals surface area contributed by atoms with Crippen LogP contribution in [0, 0.1) is 5.92 Å². The molecule has 1 fully saturated rings. The van der Waals surface area contributed by atoms with Crippen molar-refractivity contribution in [3.63, 3.8) is 0 Å². The highest BCUT2D eigenvalue weighted by Crippen LogP contribution is 2.36. The molecule has 0 aromatic heterocycles. The monoisotopic (exact) mass is 329 g/mol. The lowest BCUT2D eigenvalue weighted by Gasteiger charge is -2.22. The molecule has 1 amide bonds. The number of aliphatic hydroxyl groups is 1. The second kappa shape index (κ2) is 6.91. The summed E-state index contributed by atoms with van der Waals surface area (Å²) in [6.45, 7) is 4.37. The van der Waals surface area contributed by atoms with E-state index in [0.29, 0.717) is 13.1 Å². The van der Waals surface area contributed by atoms with Gasteiger partial charge in [0.25, 0.3) is 0 Å². The first-order chi connectivity index (χ1) is 10.7. The van der Waals surface area contributed by atoms with E-state index in [1.807, 2.05) is 0 Å². The molecule has 0 spiro atoms. The van der Waals surface area contributed by atoms with Crippen molar-refractivity contribution in [2.45, 2.75) is 44.9 Å². The maximum atomic E-state index is 13.1. The van der Waals surface area contributed by atoms with Crippen LogP contribution in [0.5, 0.6) is 0 Å². The fraction of sp³-hybridized carbons (Fsp3) is 0.588. The molecule has 1 saturated heterocycles. The zero-order chi connectivity index (χ0) is 17.2. The molecule has 1 aliphatic heterocycles. The lowest BCUT2D eigenvalue weighted by molar-refractivity contribution is -0.139. The van der Waals surface area contributed by atoms with Crippen LogP contribution in [0.3, 0.4) is 0 Å². The topological polar surface area (TPSA) is 40.5 Å². The van der Waals surface area contributed by atoms with Crippen molar-refractivity contribution >= 4 is 5.91 Å². The summed E-state index contributed by atoms with van der Waals surface area (Å²) < 4.78 is 39.2. The van der Waals surface area contributed by atoms with E-state index < -0.39 is 23.8 Å². The molecule has 1 aromatic rings. The summed E-state index contributed by atoms with van der Waals surface area (Å²) >= 11 is 0. The third-order valence-corrected chi connectivity index (χ3v) is 4.54. The van der Waals surface area contributed by atoms with E-state index in [0.717, 1.165) is 12.5 Å². The third-order valence-electron chi connectivity index (χ3n) is 4.54. The van der Waals surface area contributed by atoms with Crippen LogP contribution in [0.15, 0.2) is 24.3 Å². The number of carbonyl (C=O) groups is 1. The molecule has 6 heteroatoms. The minimum atomic E-state index is -4.42. The van der Waals surface area contributed by atoms with Crippen molar-refractivity contribution in [2.24, 2.45) is 5.92 Å². The van der Waals surface area contributed by atoms with Gasteiger partial charge in [-0.25, -0.2) is 0 Å². The molecule has 23 heavy (non-hydrogen) atoms. The lowest BCUT2D eigenvalue weighted by Crippen LogP contribution is -2.31.